The van der Waals surface area contributed by atoms with Crippen molar-refractivity contribution in [2.45, 2.75) is 77.7 Å². The minimum atomic E-state index is -0.658. The molecule has 1 amide bonds. The third-order valence-electron chi connectivity index (χ3n) is 4.24. The molecule has 5 heteroatoms. The first-order valence-corrected chi connectivity index (χ1v) is 7.78. The number of ether oxygens (including phenoxy) is 2. The second kappa shape index (κ2) is 5.59. The molecular weight excluding hydrogens is 270 g/mol. The van der Waals surface area contributed by atoms with Crippen molar-refractivity contribution in [2.24, 2.45) is 5.92 Å². The summed E-state index contributed by atoms with van der Waals surface area (Å²) in [4.78, 5) is 25.7. The number of amides is 1. The minimum Gasteiger partial charge on any atom is -0.444 e. The molecule has 0 spiro atoms. The van der Waals surface area contributed by atoms with Crippen molar-refractivity contribution in [1.29, 1.82) is 0 Å². The first-order valence-electron chi connectivity index (χ1n) is 7.78. The molecule has 120 valence electrons. The highest BCUT2D eigenvalue weighted by Gasteiger charge is 2.48. The van der Waals surface area contributed by atoms with Gasteiger partial charge in [0.2, 0.25) is 0 Å². The molecule has 0 aromatic carbocycles. The summed E-state index contributed by atoms with van der Waals surface area (Å²) in [6.07, 6.45) is 2.57. The number of nitrogens with zero attached hydrogens (tertiary/aromatic N) is 1. The molecular formula is C16H27NO4. The van der Waals surface area contributed by atoms with Crippen molar-refractivity contribution in [1.82, 2.24) is 4.90 Å². The maximum atomic E-state index is 12.6. The van der Waals surface area contributed by atoms with E-state index in [0.29, 0.717) is 31.1 Å². The maximum Gasteiger partial charge on any atom is 0.412 e. The summed E-state index contributed by atoms with van der Waals surface area (Å²) >= 11 is 0. The van der Waals surface area contributed by atoms with Gasteiger partial charge in [-0.1, -0.05) is 0 Å². The highest BCUT2D eigenvalue weighted by molar-refractivity contribution is 5.79. The molecule has 1 heterocycles. The molecule has 1 saturated carbocycles. The van der Waals surface area contributed by atoms with Crippen LogP contribution >= 0.6 is 0 Å². The SMILES string of the molecule is CC(C)(C)OC(=O)N1[C@H](C2CCC(=O)CC2)COC1(C)C. The maximum absolute atomic E-state index is 12.6. The second-order valence-corrected chi connectivity index (χ2v) is 7.55. The van der Waals surface area contributed by atoms with E-state index in [1.165, 1.54) is 0 Å². The molecule has 1 saturated heterocycles. The van der Waals surface area contributed by atoms with E-state index >= 15 is 0 Å². The van der Waals surface area contributed by atoms with E-state index < -0.39 is 11.3 Å². The number of ketones is 1. The summed E-state index contributed by atoms with van der Waals surface area (Å²) < 4.78 is 11.4. The van der Waals surface area contributed by atoms with E-state index in [2.05, 4.69) is 0 Å². The first-order chi connectivity index (χ1) is 9.60. The van der Waals surface area contributed by atoms with Gasteiger partial charge >= 0.3 is 6.09 Å². The standard InChI is InChI=1S/C16H27NO4/c1-15(2,3)21-14(19)17-13(10-20-16(17,4)5)11-6-8-12(18)9-7-11/h11,13H,6-10H2,1-5H3/t13-/m0/s1. The Morgan fingerprint density at radius 1 is 1.29 bits per heavy atom. The summed E-state index contributed by atoms with van der Waals surface area (Å²) in [6.45, 7) is 9.90. The van der Waals surface area contributed by atoms with Crippen molar-refractivity contribution in [3.63, 3.8) is 0 Å². The lowest BCUT2D eigenvalue weighted by molar-refractivity contribution is -0.121. The van der Waals surface area contributed by atoms with Crippen LogP contribution in [-0.4, -0.2) is 40.8 Å². The lowest BCUT2D eigenvalue weighted by Crippen LogP contribution is -2.52. The molecule has 5 nitrogen and oxygen atoms in total. The van der Waals surface area contributed by atoms with Crippen molar-refractivity contribution < 1.29 is 19.1 Å². The predicted molar refractivity (Wildman–Crippen MR) is 78.9 cm³/mol. The lowest BCUT2D eigenvalue weighted by atomic mass is 9.83. The summed E-state index contributed by atoms with van der Waals surface area (Å²) in [5.41, 5.74) is -1.18. The fourth-order valence-electron chi connectivity index (χ4n) is 3.19. The Labute approximate surface area is 127 Å². The molecule has 0 aromatic heterocycles. The second-order valence-electron chi connectivity index (χ2n) is 7.55. The average Bonchev–Trinajstić information content (AvgIpc) is 2.64. The Kier molecular flexibility index (Phi) is 4.34. The van der Waals surface area contributed by atoms with Gasteiger partial charge in [0.05, 0.1) is 12.6 Å². The van der Waals surface area contributed by atoms with E-state index in [1.807, 2.05) is 34.6 Å². The molecule has 0 unspecified atom stereocenters. The monoisotopic (exact) mass is 297 g/mol. The van der Waals surface area contributed by atoms with Crippen molar-refractivity contribution in [3.8, 4) is 0 Å². The van der Waals surface area contributed by atoms with Crippen LogP contribution < -0.4 is 0 Å². The Morgan fingerprint density at radius 3 is 2.38 bits per heavy atom. The van der Waals surface area contributed by atoms with Crippen LogP contribution in [0.5, 0.6) is 0 Å². The highest BCUT2D eigenvalue weighted by Crippen LogP contribution is 2.37. The molecule has 2 aliphatic rings. The first kappa shape index (κ1) is 16.3. The summed E-state index contributed by atoms with van der Waals surface area (Å²) in [5.74, 6) is 0.644. The van der Waals surface area contributed by atoms with Gasteiger partial charge < -0.3 is 9.47 Å². The number of carbonyl (C=O) groups is 2. The molecule has 2 fully saturated rings. The molecule has 0 N–H and O–H groups in total. The topological polar surface area (TPSA) is 55.8 Å². The van der Waals surface area contributed by atoms with Gasteiger partial charge in [-0.05, 0) is 53.4 Å². The number of carbonyl (C=O) groups excluding carboxylic acids is 2. The van der Waals surface area contributed by atoms with Gasteiger partial charge in [-0.3, -0.25) is 9.69 Å². The van der Waals surface area contributed by atoms with E-state index in [9.17, 15) is 9.59 Å². The van der Waals surface area contributed by atoms with E-state index in [4.69, 9.17) is 9.47 Å². The fourth-order valence-corrected chi connectivity index (χ4v) is 3.19. The normalized spacial score (nSPS) is 27.0. The van der Waals surface area contributed by atoms with Crippen molar-refractivity contribution >= 4 is 11.9 Å². The van der Waals surface area contributed by atoms with Crippen LogP contribution in [0.1, 0.15) is 60.3 Å². The molecule has 21 heavy (non-hydrogen) atoms. The van der Waals surface area contributed by atoms with Crippen LogP contribution in [0.15, 0.2) is 0 Å². The Balaban J connectivity index is 2.13. The zero-order chi connectivity index (χ0) is 15.8. The quantitative estimate of drug-likeness (QED) is 0.746. The van der Waals surface area contributed by atoms with Gasteiger partial charge in [-0.25, -0.2) is 4.79 Å². The summed E-state index contributed by atoms with van der Waals surface area (Å²) in [5, 5.41) is 0. The van der Waals surface area contributed by atoms with Crippen LogP contribution in [-0.2, 0) is 14.3 Å². The lowest BCUT2D eigenvalue weighted by Gasteiger charge is -2.38. The van der Waals surface area contributed by atoms with Gasteiger partial charge in [0.1, 0.15) is 17.1 Å². The summed E-state index contributed by atoms with van der Waals surface area (Å²) in [7, 11) is 0. The third kappa shape index (κ3) is 3.76. The molecule has 1 aliphatic heterocycles. The van der Waals surface area contributed by atoms with Crippen LogP contribution in [0.2, 0.25) is 0 Å². The molecule has 2 rings (SSSR count). The number of hydrogen-bond acceptors (Lipinski definition) is 4. The van der Waals surface area contributed by atoms with Crippen LogP contribution in [0.4, 0.5) is 4.79 Å². The van der Waals surface area contributed by atoms with E-state index in [1.54, 1.807) is 4.90 Å². The number of Topliss-reactive ketones (excluding diaryl/α,β-unsaturated/α-hetero) is 1. The average molecular weight is 297 g/mol. The predicted octanol–water partition coefficient (Wildman–Crippen LogP) is 3.12. The van der Waals surface area contributed by atoms with Gasteiger partial charge in [-0.2, -0.15) is 0 Å². The fraction of sp³-hybridized carbons (Fsp3) is 0.875. The van der Waals surface area contributed by atoms with Crippen LogP contribution in [0.3, 0.4) is 0 Å². The van der Waals surface area contributed by atoms with Crippen LogP contribution in [0, 0.1) is 5.92 Å². The molecule has 1 aliphatic carbocycles. The van der Waals surface area contributed by atoms with Gasteiger partial charge in [-0.15, -0.1) is 0 Å². The Hall–Kier alpha value is -1.10. The van der Waals surface area contributed by atoms with E-state index in [-0.39, 0.29) is 12.1 Å². The van der Waals surface area contributed by atoms with Gasteiger partial charge in [0.25, 0.3) is 0 Å². The van der Waals surface area contributed by atoms with Crippen molar-refractivity contribution in [2.75, 3.05) is 6.61 Å². The zero-order valence-corrected chi connectivity index (χ0v) is 13.8. The molecule has 0 aromatic rings. The highest BCUT2D eigenvalue weighted by atomic mass is 16.6. The number of hydrogen-bond donors (Lipinski definition) is 0. The van der Waals surface area contributed by atoms with Gasteiger partial charge in [0, 0.05) is 12.8 Å². The van der Waals surface area contributed by atoms with Crippen LogP contribution in [0.25, 0.3) is 0 Å². The molecule has 0 bridgehead atoms. The molecule has 0 radical (unpaired) electrons. The van der Waals surface area contributed by atoms with Gasteiger partial charge in [0.15, 0.2) is 0 Å². The zero-order valence-electron chi connectivity index (χ0n) is 13.8. The largest absolute Gasteiger partial charge is 0.444 e. The Morgan fingerprint density at radius 2 is 1.86 bits per heavy atom. The molecule has 1 atom stereocenters. The third-order valence-corrected chi connectivity index (χ3v) is 4.24. The van der Waals surface area contributed by atoms with Crippen molar-refractivity contribution in [3.05, 3.63) is 0 Å². The minimum absolute atomic E-state index is 0.00273. The number of rotatable bonds is 1. The smallest absolute Gasteiger partial charge is 0.412 e. The Bertz CT molecular complexity index is 414. The van der Waals surface area contributed by atoms with E-state index in [0.717, 1.165) is 12.8 Å². The summed E-state index contributed by atoms with van der Waals surface area (Å²) in [6, 6.07) is 0.00273.